The molecule has 0 aliphatic carbocycles. The average molecular weight is 298 g/mol. The molecule has 2 N–H and O–H groups in total. The van der Waals surface area contributed by atoms with Crippen molar-refractivity contribution in [3.8, 4) is 0 Å². The third-order valence-corrected chi connectivity index (χ3v) is 3.66. The summed E-state index contributed by atoms with van der Waals surface area (Å²) in [5.74, 6) is -1.27. The van der Waals surface area contributed by atoms with Crippen LogP contribution in [0.3, 0.4) is 0 Å². The van der Waals surface area contributed by atoms with Crippen molar-refractivity contribution in [3.05, 3.63) is 35.4 Å². The van der Waals surface area contributed by atoms with Crippen molar-refractivity contribution in [1.82, 2.24) is 10.2 Å². The fourth-order valence-corrected chi connectivity index (χ4v) is 2.74. The molecule has 0 bridgehead atoms. The van der Waals surface area contributed by atoms with Gasteiger partial charge in [0.25, 0.3) is 0 Å². The zero-order chi connectivity index (χ0) is 15.4. The highest BCUT2D eigenvalue weighted by atomic mass is 19.1. The fourth-order valence-electron chi connectivity index (χ4n) is 2.74. The largest absolute Gasteiger partial charge is 0.387 e. The van der Waals surface area contributed by atoms with Gasteiger partial charge in [-0.25, -0.2) is 8.78 Å². The number of β-amino-alcohol motifs (C(OH)–C–C–N with tert-alkyl or cyclic N) is 1. The highest BCUT2D eigenvalue weighted by molar-refractivity contribution is 5.73. The van der Waals surface area contributed by atoms with E-state index in [-0.39, 0.29) is 24.1 Å². The molecule has 2 unspecified atom stereocenters. The van der Waals surface area contributed by atoms with Gasteiger partial charge in [-0.2, -0.15) is 0 Å². The lowest BCUT2D eigenvalue weighted by Crippen LogP contribution is -2.48. The van der Waals surface area contributed by atoms with Gasteiger partial charge in [-0.05, 0) is 37.6 Å². The molecular weight excluding hydrogens is 278 g/mol. The van der Waals surface area contributed by atoms with Crippen molar-refractivity contribution in [3.63, 3.8) is 0 Å². The van der Waals surface area contributed by atoms with Crippen LogP contribution in [0.4, 0.5) is 8.78 Å². The van der Waals surface area contributed by atoms with Crippen LogP contribution in [0.25, 0.3) is 0 Å². The van der Waals surface area contributed by atoms with Gasteiger partial charge in [0.2, 0.25) is 5.91 Å². The smallest absolute Gasteiger partial charge is 0.217 e. The minimum Gasteiger partial charge on any atom is -0.387 e. The molecular formula is C15H20F2N2O2. The number of aliphatic hydroxyl groups excluding tert-OH is 1. The molecule has 1 aromatic carbocycles. The number of rotatable bonds is 4. The van der Waals surface area contributed by atoms with Crippen molar-refractivity contribution in [2.45, 2.75) is 31.9 Å². The van der Waals surface area contributed by atoms with E-state index in [1.807, 2.05) is 4.90 Å². The van der Waals surface area contributed by atoms with Crippen LogP contribution in [-0.4, -0.2) is 41.6 Å². The van der Waals surface area contributed by atoms with E-state index in [1.54, 1.807) is 0 Å². The van der Waals surface area contributed by atoms with Gasteiger partial charge in [0.05, 0.1) is 6.10 Å². The second-order valence-corrected chi connectivity index (χ2v) is 5.48. The van der Waals surface area contributed by atoms with E-state index in [1.165, 1.54) is 6.92 Å². The SMILES string of the molecule is CC(=O)NC1CCCN(CC(O)c2cc(F)ccc2F)C1. The topological polar surface area (TPSA) is 52.6 Å². The van der Waals surface area contributed by atoms with Gasteiger partial charge in [0, 0.05) is 31.6 Å². The van der Waals surface area contributed by atoms with Crippen LogP contribution in [0, 0.1) is 11.6 Å². The molecule has 1 saturated heterocycles. The first kappa shape index (κ1) is 15.9. The van der Waals surface area contributed by atoms with Crippen molar-refractivity contribution in [2.24, 2.45) is 0 Å². The fraction of sp³-hybridized carbons (Fsp3) is 0.533. The standard InChI is InChI=1S/C15H20F2N2O2/c1-10(20)18-12-3-2-6-19(8-12)9-15(21)13-7-11(16)4-5-14(13)17/h4-5,7,12,15,21H,2-3,6,8-9H2,1H3,(H,18,20). The molecule has 0 radical (unpaired) electrons. The van der Waals surface area contributed by atoms with Crippen molar-refractivity contribution in [1.29, 1.82) is 0 Å². The second kappa shape index (κ2) is 6.95. The first-order valence-corrected chi connectivity index (χ1v) is 7.08. The Balaban J connectivity index is 1.97. The molecule has 1 amide bonds. The van der Waals surface area contributed by atoms with Gasteiger partial charge in [-0.15, -0.1) is 0 Å². The predicted molar refractivity (Wildman–Crippen MR) is 74.6 cm³/mol. The molecule has 2 rings (SSSR count). The van der Waals surface area contributed by atoms with Gasteiger partial charge in [0.1, 0.15) is 11.6 Å². The zero-order valence-electron chi connectivity index (χ0n) is 12.0. The Morgan fingerprint density at radius 3 is 3.00 bits per heavy atom. The Kier molecular flexibility index (Phi) is 5.25. The molecule has 21 heavy (non-hydrogen) atoms. The molecule has 1 heterocycles. The van der Waals surface area contributed by atoms with Gasteiger partial charge >= 0.3 is 0 Å². The lowest BCUT2D eigenvalue weighted by Gasteiger charge is -2.34. The highest BCUT2D eigenvalue weighted by Crippen LogP contribution is 2.21. The van der Waals surface area contributed by atoms with Crippen LogP contribution < -0.4 is 5.32 Å². The Bertz CT molecular complexity index is 510. The minimum absolute atomic E-state index is 0.0309. The second-order valence-electron chi connectivity index (χ2n) is 5.48. The number of nitrogens with one attached hydrogen (secondary N) is 1. The number of piperidine rings is 1. The van der Waals surface area contributed by atoms with Gasteiger partial charge in [-0.3, -0.25) is 9.69 Å². The minimum atomic E-state index is -1.09. The number of likely N-dealkylation sites (tertiary alicyclic amines) is 1. The molecule has 1 aromatic rings. The lowest BCUT2D eigenvalue weighted by molar-refractivity contribution is -0.120. The molecule has 116 valence electrons. The molecule has 0 aromatic heterocycles. The number of halogens is 2. The third-order valence-electron chi connectivity index (χ3n) is 3.66. The lowest BCUT2D eigenvalue weighted by atomic mass is 10.0. The van der Waals surface area contributed by atoms with E-state index in [0.29, 0.717) is 6.54 Å². The Morgan fingerprint density at radius 1 is 1.52 bits per heavy atom. The van der Waals surface area contributed by atoms with E-state index in [9.17, 15) is 18.7 Å². The third kappa shape index (κ3) is 4.47. The quantitative estimate of drug-likeness (QED) is 0.888. The molecule has 2 atom stereocenters. The molecule has 0 spiro atoms. The van der Waals surface area contributed by atoms with E-state index in [2.05, 4.69) is 5.32 Å². The summed E-state index contributed by atoms with van der Waals surface area (Å²) in [6.07, 6.45) is 0.695. The van der Waals surface area contributed by atoms with E-state index in [0.717, 1.165) is 37.6 Å². The highest BCUT2D eigenvalue weighted by Gasteiger charge is 2.24. The zero-order valence-corrected chi connectivity index (χ0v) is 12.0. The molecule has 4 nitrogen and oxygen atoms in total. The summed E-state index contributed by atoms with van der Waals surface area (Å²) < 4.78 is 26.8. The Hall–Kier alpha value is -1.53. The Morgan fingerprint density at radius 2 is 2.29 bits per heavy atom. The maximum atomic E-state index is 13.6. The maximum absolute atomic E-state index is 13.6. The van der Waals surface area contributed by atoms with Crippen LogP contribution in [0.1, 0.15) is 31.4 Å². The van der Waals surface area contributed by atoms with Crippen LogP contribution >= 0.6 is 0 Å². The normalized spacial score (nSPS) is 21.0. The monoisotopic (exact) mass is 298 g/mol. The summed E-state index contributed by atoms with van der Waals surface area (Å²) in [5, 5.41) is 13.0. The number of aliphatic hydroxyl groups is 1. The maximum Gasteiger partial charge on any atom is 0.217 e. The summed E-state index contributed by atoms with van der Waals surface area (Å²) in [4.78, 5) is 13.0. The number of carbonyl (C=O) groups excluding carboxylic acids is 1. The molecule has 1 aliphatic heterocycles. The van der Waals surface area contributed by atoms with Gasteiger partial charge < -0.3 is 10.4 Å². The molecule has 1 aliphatic rings. The summed E-state index contributed by atoms with van der Waals surface area (Å²) in [5.41, 5.74) is -0.0309. The van der Waals surface area contributed by atoms with Gasteiger partial charge in [0.15, 0.2) is 0 Å². The number of nitrogens with zero attached hydrogens (tertiary/aromatic N) is 1. The summed E-state index contributed by atoms with van der Waals surface area (Å²) in [6.45, 7) is 3.06. The summed E-state index contributed by atoms with van der Waals surface area (Å²) in [7, 11) is 0. The van der Waals surface area contributed by atoms with Crippen LogP contribution in [0.15, 0.2) is 18.2 Å². The number of benzene rings is 1. The number of carbonyl (C=O) groups is 1. The van der Waals surface area contributed by atoms with E-state index < -0.39 is 17.7 Å². The van der Waals surface area contributed by atoms with Crippen molar-refractivity contribution < 1.29 is 18.7 Å². The summed E-state index contributed by atoms with van der Waals surface area (Å²) in [6, 6.07) is 3.11. The number of amides is 1. The number of hydrogen-bond acceptors (Lipinski definition) is 3. The summed E-state index contributed by atoms with van der Waals surface area (Å²) >= 11 is 0. The van der Waals surface area contributed by atoms with Crippen LogP contribution in [-0.2, 0) is 4.79 Å². The predicted octanol–water partition coefficient (Wildman–Crippen LogP) is 1.60. The first-order chi connectivity index (χ1) is 9.95. The average Bonchev–Trinajstić information content (AvgIpc) is 2.41. The van der Waals surface area contributed by atoms with E-state index in [4.69, 9.17) is 0 Å². The number of hydrogen-bond donors (Lipinski definition) is 2. The van der Waals surface area contributed by atoms with Crippen molar-refractivity contribution >= 4 is 5.91 Å². The Labute approximate surface area is 122 Å². The molecule has 0 saturated carbocycles. The molecule has 6 heteroatoms. The van der Waals surface area contributed by atoms with Crippen molar-refractivity contribution in [2.75, 3.05) is 19.6 Å². The van der Waals surface area contributed by atoms with Crippen LogP contribution in [0.5, 0.6) is 0 Å². The van der Waals surface area contributed by atoms with E-state index >= 15 is 0 Å². The molecule has 1 fully saturated rings. The van der Waals surface area contributed by atoms with Crippen LogP contribution in [0.2, 0.25) is 0 Å². The van der Waals surface area contributed by atoms with Gasteiger partial charge in [-0.1, -0.05) is 0 Å². The first-order valence-electron chi connectivity index (χ1n) is 7.08.